The van der Waals surface area contributed by atoms with E-state index in [2.05, 4.69) is 9.80 Å². The fourth-order valence-electron chi connectivity index (χ4n) is 5.23. The molecule has 35 heavy (non-hydrogen) atoms. The van der Waals surface area contributed by atoms with Gasteiger partial charge in [-0.1, -0.05) is 0 Å². The minimum Gasteiger partial charge on any atom is -0.444 e. The fraction of sp³-hybridized carbons (Fsp3) is 0.731. The first kappa shape index (κ1) is 26.2. The summed E-state index contributed by atoms with van der Waals surface area (Å²) in [7, 11) is -3.35. The molecular formula is C26H42N4O4S. The lowest BCUT2D eigenvalue weighted by atomic mass is 9.93. The van der Waals surface area contributed by atoms with Crippen molar-refractivity contribution in [1.29, 1.82) is 0 Å². The number of piperidine rings is 1. The van der Waals surface area contributed by atoms with Crippen LogP contribution in [0.4, 0.5) is 10.5 Å². The second-order valence-corrected chi connectivity index (χ2v) is 13.1. The van der Waals surface area contributed by atoms with Crippen LogP contribution in [-0.2, 0) is 14.8 Å². The van der Waals surface area contributed by atoms with Crippen LogP contribution in [-0.4, -0.2) is 93.1 Å². The number of hydrogen-bond donors (Lipinski definition) is 0. The predicted molar refractivity (Wildman–Crippen MR) is 138 cm³/mol. The van der Waals surface area contributed by atoms with Crippen molar-refractivity contribution in [3.05, 3.63) is 24.3 Å². The summed E-state index contributed by atoms with van der Waals surface area (Å²) in [5, 5.41) is 0. The van der Waals surface area contributed by atoms with E-state index in [4.69, 9.17) is 4.74 Å². The maximum absolute atomic E-state index is 12.8. The van der Waals surface area contributed by atoms with E-state index in [0.29, 0.717) is 23.9 Å². The predicted octanol–water partition coefficient (Wildman–Crippen LogP) is 3.63. The summed E-state index contributed by atoms with van der Waals surface area (Å²) >= 11 is 0. The van der Waals surface area contributed by atoms with Crippen LogP contribution in [0, 0.1) is 5.92 Å². The molecule has 3 saturated heterocycles. The zero-order valence-corrected chi connectivity index (χ0v) is 22.4. The van der Waals surface area contributed by atoms with Gasteiger partial charge in [-0.3, -0.25) is 4.90 Å². The number of nitrogens with zero attached hydrogens (tertiary/aromatic N) is 4. The van der Waals surface area contributed by atoms with Crippen LogP contribution in [0.5, 0.6) is 0 Å². The van der Waals surface area contributed by atoms with Gasteiger partial charge in [-0.25, -0.2) is 13.2 Å². The second kappa shape index (κ2) is 11.0. The number of likely N-dealkylation sites (tertiary alicyclic amines) is 1. The van der Waals surface area contributed by atoms with Gasteiger partial charge in [0.05, 0.1) is 4.90 Å². The van der Waals surface area contributed by atoms with Crippen LogP contribution in [0.25, 0.3) is 0 Å². The van der Waals surface area contributed by atoms with Crippen LogP contribution in [0.2, 0.25) is 0 Å². The zero-order chi connectivity index (χ0) is 25.1. The molecule has 0 bridgehead atoms. The number of carbonyl (C=O) groups excluding carboxylic acids is 1. The van der Waals surface area contributed by atoms with E-state index < -0.39 is 15.6 Å². The molecule has 1 aromatic carbocycles. The highest BCUT2D eigenvalue weighted by Crippen LogP contribution is 2.25. The van der Waals surface area contributed by atoms with Crippen LogP contribution in [0.3, 0.4) is 0 Å². The Morgan fingerprint density at radius 3 is 2.09 bits per heavy atom. The molecule has 0 radical (unpaired) electrons. The van der Waals surface area contributed by atoms with Crippen molar-refractivity contribution in [1.82, 2.24) is 14.1 Å². The van der Waals surface area contributed by atoms with Gasteiger partial charge in [-0.15, -0.1) is 0 Å². The third kappa shape index (κ3) is 6.89. The van der Waals surface area contributed by atoms with Crippen LogP contribution in [0.15, 0.2) is 29.2 Å². The van der Waals surface area contributed by atoms with Crippen molar-refractivity contribution in [2.45, 2.75) is 63.4 Å². The molecule has 0 aliphatic carbocycles. The van der Waals surface area contributed by atoms with Gasteiger partial charge < -0.3 is 14.5 Å². The average Bonchev–Trinajstić information content (AvgIpc) is 3.39. The van der Waals surface area contributed by atoms with E-state index in [0.717, 1.165) is 77.2 Å². The number of carbonyl (C=O) groups is 1. The highest BCUT2D eigenvalue weighted by atomic mass is 32.2. The van der Waals surface area contributed by atoms with Crippen LogP contribution in [0.1, 0.15) is 52.9 Å². The number of hydrogen-bond acceptors (Lipinski definition) is 6. The van der Waals surface area contributed by atoms with Crippen molar-refractivity contribution in [3.63, 3.8) is 0 Å². The standard InChI is InChI=1S/C26H42N4O4S/c1-26(2,3)34-25(31)29-16-11-22(12-17-29)10-15-27-18-20-28(21-19-27)23-6-8-24(9-7-23)35(32,33)30-13-4-5-14-30/h6-9,22H,4-5,10-21H2,1-3H3. The topological polar surface area (TPSA) is 73.4 Å². The Bertz CT molecular complexity index is 939. The third-order valence-electron chi connectivity index (χ3n) is 7.40. The number of amides is 1. The lowest BCUT2D eigenvalue weighted by Crippen LogP contribution is -2.47. The molecule has 0 N–H and O–H groups in total. The molecule has 4 rings (SSSR count). The van der Waals surface area contributed by atoms with Crippen molar-refractivity contribution in [3.8, 4) is 0 Å². The van der Waals surface area contributed by atoms with Gasteiger partial charge >= 0.3 is 6.09 Å². The summed E-state index contributed by atoms with van der Waals surface area (Å²) in [4.78, 5) is 19.4. The first-order valence-electron chi connectivity index (χ1n) is 13.2. The maximum Gasteiger partial charge on any atom is 0.410 e. The molecular weight excluding hydrogens is 464 g/mol. The summed E-state index contributed by atoms with van der Waals surface area (Å²) in [5.74, 6) is 0.664. The Balaban J connectivity index is 1.18. The molecule has 0 spiro atoms. The summed E-state index contributed by atoms with van der Waals surface area (Å²) in [6.45, 7) is 13.6. The molecule has 0 atom stereocenters. The van der Waals surface area contributed by atoms with Crippen molar-refractivity contribution >= 4 is 21.8 Å². The summed E-state index contributed by atoms with van der Waals surface area (Å²) in [6, 6.07) is 7.44. The highest BCUT2D eigenvalue weighted by Gasteiger charge is 2.29. The molecule has 0 unspecified atom stereocenters. The number of anilines is 1. The Morgan fingerprint density at radius 1 is 0.914 bits per heavy atom. The molecule has 0 aromatic heterocycles. The van der Waals surface area contributed by atoms with Crippen molar-refractivity contribution < 1.29 is 17.9 Å². The molecule has 1 amide bonds. The lowest BCUT2D eigenvalue weighted by Gasteiger charge is -2.38. The molecule has 196 valence electrons. The summed E-state index contributed by atoms with van der Waals surface area (Å²) < 4.78 is 32.6. The highest BCUT2D eigenvalue weighted by molar-refractivity contribution is 7.89. The van der Waals surface area contributed by atoms with Gasteiger partial charge in [0.1, 0.15) is 5.60 Å². The minimum atomic E-state index is -3.35. The zero-order valence-electron chi connectivity index (χ0n) is 21.6. The Labute approximate surface area is 211 Å². The van der Waals surface area contributed by atoms with Crippen LogP contribution < -0.4 is 4.90 Å². The minimum absolute atomic E-state index is 0.186. The Hall–Kier alpha value is -1.84. The van der Waals surface area contributed by atoms with Crippen molar-refractivity contribution in [2.75, 3.05) is 63.8 Å². The van der Waals surface area contributed by atoms with Gasteiger partial charge in [-0.05, 0) is 89.6 Å². The molecule has 0 saturated carbocycles. The van der Waals surface area contributed by atoms with Gasteiger partial charge in [-0.2, -0.15) is 4.31 Å². The van der Waals surface area contributed by atoms with E-state index in [1.54, 1.807) is 16.4 Å². The molecule has 8 nitrogen and oxygen atoms in total. The SMILES string of the molecule is CC(C)(C)OC(=O)N1CCC(CCN2CCN(c3ccc(S(=O)(=O)N4CCCC4)cc3)CC2)CC1. The molecule has 3 fully saturated rings. The quantitative estimate of drug-likeness (QED) is 0.587. The van der Waals surface area contributed by atoms with Gasteiger partial charge in [0.25, 0.3) is 0 Å². The van der Waals surface area contributed by atoms with E-state index >= 15 is 0 Å². The summed E-state index contributed by atoms with van der Waals surface area (Å²) in [6.07, 6.45) is 4.98. The average molecular weight is 507 g/mol. The number of piperazine rings is 1. The molecule has 3 aliphatic rings. The first-order valence-corrected chi connectivity index (χ1v) is 14.6. The number of rotatable bonds is 6. The monoisotopic (exact) mass is 506 g/mol. The molecule has 9 heteroatoms. The Morgan fingerprint density at radius 2 is 1.51 bits per heavy atom. The normalized spacial score (nSPS) is 21.5. The van der Waals surface area contributed by atoms with E-state index in [1.807, 2.05) is 37.8 Å². The fourth-order valence-corrected chi connectivity index (χ4v) is 6.75. The number of sulfonamides is 1. The molecule has 3 aliphatic heterocycles. The maximum atomic E-state index is 12.8. The van der Waals surface area contributed by atoms with Gasteiger partial charge in [0.2, 0.25) is 10.0 Å². The largest absolute Gasteiger partial charge is 0.444 e. The number of benzene rings is 1. The van der Waals surface area contributed by atoms with E-state index in [-0.39, 0.29) is 6.09 Å². The number of ether oxygens (including phenoxy) is 1. The smallest absolute Gasteiger partial charge is 0.410 e. The first-order chi connectivity index (χ1) is 16.6. The van der Waals surface area contributed by atoms with Crippen molar-refractivity contribution in [2.24, 2.45) is 5.92 Å². The second-order valence-electron chi connectivity index (χ2n) is 11.1. The molecule has 3 heterocycles. The Kier molecular flexibility index (Phi) is 8.28. The summed E-state index contributed by atoms with van der Waals surface area (Å²) in [5.41, 5.74) is 0.656. The lowest BCUT2D eigenvalue weighted by molar-refractivity contribution is 0.0177. The van der Waals surface area contributed by atoms with Gasteiger partial charge in [0, 0.05) is 58.0 Å². The van der Waals surface area contributed by atoms with Crippen LogP contribution >= 0.6 is 0 Å². The van der Waals surface area contributed by atoms with E-state index in [1.165, 1.54) is 6.42 Å². The van der Waals surface area contributed by atoms with E-state index in [9.17, 15) is 13.2 Å². The van der Waals surface area contributed by atoms with Gasteiger partial charge in [0.15, 0.2) is 0 Å². The third-order valence-corrected chi connectivity index (χ3v) is 9.31. The molecule has 1 aromatic rings.